The van der Waals surface area contributed by atoms with Crippen molar-refractivity contribution in [3.8, 4) is 0 Å². The number of rotatable bonds is 4. The number of aryl methyl sites for hydroxylation is 1. The van der Waals surface area contributed by atoms with Crippen molar-refractivity contribution in [1.82, 2.24) is 0 Å². The van der Waals surface area contributed by atoms with Crippen molar-refractivity contribution in [2.75, 3.05) is 6.54 Å². The minimum absolute atomic E-state index is 0.220. The minimum Gasteiger partial charge on any atom is -0.329 e. The van der Waals surface area contributed by atoms with Crippen LogP contribution in [-0.4, -0.2) is 6.54 Å². The Labute approximate surface area is 128 Å². The summed E-state index contributed by atoms with van der Waals surface area (Å²) in [7, 11) is 0. The Balaban J connectivity index is 2.18. The smallest absolute Gasteiger partial charge is 0.0603 e. The molecule has 0 aliphatic carbocycles. The molecule has 100 valence electrons. The molecule has 19 heavy (non-hydrogen) atoms. The molecule has 1 unspecified atom stereocenters. The van der Waals surface area contributed by atoms with Crippen molar-refractivity contribution in [3.63, 3.8) is 0 Å². The summed E-state index contributed by atoms with van der Waals surface area (Å²) in [5.74, 6) is 0. The summed E-state index contributed by atoms with van der Waals surface area (Å²) in [6.07, 6.45) is 0. The van der Waals surface area contributed by atoms with E-state index in [-0.39, 0.29) is 5.25 Å². The van der Waals surface area contributed by atoms with E-state index < -0.39 is 0 Å². The molecule has 0 aliphatic heterocycles. The van der Waals surface area contributed by atoms with Crippen molar-refractivity contribution in [2.24, 2.45) is 5.73 Å². The summed E-state index contributed by atoms with van der Waals surface area (Å²) in [5, 5.41) is 1.37. The molecule has 2 aromatic carbocycles. The molecule has 0 saturated carbocycles. The van der Waals surface area contributed by atoms with E-state index in [2.05, 4.69) is 31.2 Å². The van der Waals surface area contributed by atoms with E-state index >= 15 is 0 Å². The Bertz CT molecular complexity index is 555. The Kier molecular flexibility index (Phi) is 5.17. The molecule has 0 fully saturated rings. The van der Waals surface area contributed by atoms with E-state index in [0.717, 1.165) is 4.90 Å². The minimum atomic E-state index is 0.220. The lowest BCUT2D eigenvalue weighted by Gasteiger charge is -2.15. The lowest BCUT2D eigenvalue weighted by molar-refractivity contribution is 0.940. The summed E-state index contributed by atoms with van der Waals surface area (Å²) < 4.78 is 0. The number of hydrogen-bond acceptors (Lipinski definition) is 2. The molecule has 1 atom stereocenters. The molecule has 4 heteroatoms. The van der Waals surface area contributed by atoms with Crippen LogP contribution in [0.5, 0.6) is 0 Å². The number of halogens is 2. The lowest BCUT2D eigenvalue weighted by atomic mass is 10.1. The predicted octanol–water partition coefficient (Wildman–Crippen LogP) is 5.09. The molecule has 2 N–H and O–H groups in total. The Morgan fingerprint density at radius 3 is 2.32 bits per heavy atom. The largest absolute Gasteiger partial charge is 0.329 e. The van der Waals surface area contributed by atoms with Gasteiger partial charge in [-0.25, -0.2) is 0 Å². The van der Waals surface area contributed by atoms with Gasteiger partial charge in [0, 0.05) is 16.7 Å². The van der Waals surface area contributed by atoms with E-state index in [9.17, 15) is 0 Å². The molecular weight excluding hydrogens is 297 g/mol. The summed E-state index contributed by atoms with van der Waals surface area (Å²) in [6, 6.07) is 14.1. The first-order valence-corrected chi connectivity index (χ1v) is 7.62. The van der Waals surface area contributed by atoms with E-state index in [0.29, 0.717) is 16.6 Å². The molecule has 0 radical (unpaired) electrons. The van der Waals surface area contributed by atoms with E-state index in [1.165, 1.54) is 11.1 Å². The summed E-state index contributed by atoms with van der Waals surface area (Å²) >= 11 is 13.7. The van der Waals surface area contributed by atoms with Crippen molar-refractivity contribution >= 4 is 35.0 Å². The number of hydrogen-bond donors (Lipinski definition) is 1. The van der Waals surface area contributed by atoms with Crippen LogP contribution >= 0.6 is 35.0 Å². The first-order valence-electron chi connectivity index (χ1n) is 5.98. The van der Waals surface area contributed by atoms with Crippen molar-refractivity contribution in [3.05, 3.63) is 63.6 Å². The highest BCUT2D eigenvalue weighted by Crippen LogP contribution is 2.37. The second-order valence-corrected chi connectivity index (χ2v) is 6.42. The molecule has 1 nitrogen and oxygen atoms in total. The SMILES string of the molecule is Cc1ccc(C(CN)Sc2ccc(Cl)c(Cl)c2)cc1. The van der Waals surface area contributed by atoms with Crippen LogP contribution in [0.2, 0.25) is 10.0 Å². The van der Waals surface area contributed by atoms with Crippen molar-refractivity contribution in [1.29, 1.82) is 0 Å². The van der Waals surface area contributed by atoms with E-state index in [1.807, 2.05) is 18.2 Å². The number of thioether (sulfide) groups is 1. The van der Waals surface area contributed by atoms with Crippen LogP contribution in [0.3, 0.4) is 0 Å². The van der Waals surface area contributed by atoms with Crippen LogP contribution in [0.4, 0.5) is 0 Å². The second kappa shape index (κ2) is 6.67. The van der Waals surface area contributed by atoms with Gasteiger partial charge >= 0.3 is 0 Å². The normalized spacial score (nSPS) is 12.4. The maximum atomic E-state index is 6.03. The highest BCUT2D eigenvalue weighted by atomic mass is 35.5. The van der Waals surface area contributed by atoms with Crippen LogP contribution in [0.15, 0.2) is 47.4 Å². The van der Waals surface area contributed by atoms with Crippen LogP contribution in [0.25, 0.3) is 0 Å². The first kappa shape index (κ1) is 14.7. The van der Waals surface area contributed by atoms with Gasteiger partial charge in [0.1, 0.15) is 0 Å². The van der Waals surface area contributed by atoms with Gasteiger partial charge in [-0.15, -0.1) is 11.8 Å². The second-order valence-electron chi connectivity index (χ2n) is 4.33. The molecule has 0 saturated heterocycles. The Hall–Kier alpha value is -0.670. The average Bonchev–Trinajstić information content (AvgIpc) is 2.41. The third-order valence-corrected chi connectivity index (χ3v) is 4.85. The zero-order valence-electron chi connectivity index (χ0n) is 10.6. The van der Waals surface area contributed by atoms with Gasteiger partial charge in [-0.2, -0.15) is 0 Å². The maximum absolute atomic E-state index is 6.03. The summed E-state index contributed by atoms with van der Waals surface area (Å²) in [5.41, 5.74) is 8.35. The van der Waals surface area contributed by atoms with Gasteiger partial charge in [0.25, 0.3) is 0 Å². The lowest BCUT2D eigenvalue weighted by Crippen LogP contribution is -2.09. The number of nitrogens with two attached hydrogens (primary N) is 1. The van der Waals surface area contributed by atoms with Gasteiger partial charge in [-0.05, 0) is 30.7 Å². The third kappa shape index (κ3) is 3.90. The molecule has 0 heterocycles. The molecule has 0 bridgehead atoms. The molecule has 0 aliphatic rings. The Morgan fingerprint density at radius 1 is 1.05 bits per heavy atom. The summed E-state index contributed by atoms with van der Waals surface area (Å²) in [4.78, 5) is 1.07. The van der Waals surface area contributed by atoms with Crippen LogP contribution in [-0.2, 0) is 0 Å². The molecule has 2 rings (SSSR count). The molecular formula is C15H15Cl2NS. The molecule has 0 amide bonds. The average molecular weight is 312 g/mol. The topological polar surface area (TPSA) is 26.0 Å². The molecule has 0 aromatic heterocycles. The van der Waals surface area contributed by atoms with Crippen molar-refractivity contribution in [2.45, 2.75) is 17.1 Å². The standard InChI is InChI=1S/C15H15Cl2NS/c1-10-2-4-11(5-3-10)15(9-18)19-12-6-7-13(16)14(17)8-12/h2-8,15H,9,18H2,1H3. The van der Waals surface area contributed by atoms with Gasteiger partial charge < -0.3 is 5.73 Å². The van der Waals surface area contributed by atoms with Gasteiger partial charge in [0.2, 0.25) is 0 Å². The fraction of sp³-hybridized carbons (Fsp3) is 0.200. The zero-order valence-corrected chi connectivity index (χ0v) is 12.9. The van der Waals surface area contributed by atoms with Gasteiger partial charge in [0.15, 0.2) is 0 Å². The van der Waals surface area contributed by atoms with Gasteiger partial charge in [-0.1, -0.05) is 53.0 Å². The Morgan fingerprint density at radius 2 is 1.74 bits per heavy atom. The maximum Gasteiger partial charge on any atom is 0.0603 e. The fourth-order valence-corrected chi connectivity index (χ4v) is 3.16. The third-order valence-electron chi connectivity index (χ3n) is 2.83. The van der Waals surface area contributed by atoms with Crippen LogP contribution < -0.4 is 5.73 Å². The zero-order chi connectivity index (χ0) is 13.8. The predicted molar refractivity (Wildman–Crippen MR) is 85.3 cm³/mol. The molecule has 2 aromatic rings. The first-order chi connectivity index (χ1) is 9.10. The quantitative estimate of drug-likeness (QED) is 0.795. The highest BCUT2D eigenvalue weighted by molar-refractivity contribution is 7.99. The molecule has 0 spiro atoms. The van der Waals surface area contributed by atoms with Crippen LogP contribution in [0, 0.1) is 6.92 Å². The number of benzene rings is 2. The van der Waals surface area contributed by atoms with Crippen molar-refractivity contribution < 1.29 is 0 Å². The highest BCUT2D eigenvalue weighted by Gasteiger charge is 2.12. The van der Waals surface area contributed by atoms with Gasteiger partial charge in [0.05, 0.1) is 10.0 Å². The summed E-state index contributed by atoms with van der Waals surface area (Å²) in [6.45, 7) is 2.65. The van der Waals surface area contributed by atoms with E-state index in [4.69, 9.17) is 28.9 Å². The van der Waals surface area contributed by atoms with Gasteiger partial charge in [-0.3, -0.25) is 0 Å². The fourth-order valence-electron chi connectivity index (χ4n) is 1.75. The monoisotopic (exact) mass is 311 g/mol. The van der Waals surface area contributed by atoms with Crippen LogP contribution in [0.1, 0.15) is 16.4 Å². The van der Waals surface area contributed by atoms with E-state index in [1.54, 1.807) is 11.8 Å².